The van der Waals surface area contributed by atoms with Crippen LogP contribution in [0.2, 0.25) is 0 Å². The van der Waals surface area contributed by atoms with E-state index < -0.39 is 0 Å². The van der Waals surface area contributed by atoms with Crippen LogP contribution in [0.5, 0.6) is 5.88 Å². The first kappa shape index (κ1) is 13.8. The van der Waals surface area contributed by atoms with E-state index in [2.05, 4.69) is 9.88 Å². The molecule has 2 rings (SSSR count). The summed E-state index contributed by atoms with van der Waals surface area (Å²) in [5.74, 6) is 0.200. The average molecular weight is 264 g/mol. The topological polar surface area (TPSA) is 51.7 Å². The first-order valence-electron chi connectivity index (χ1n) is 6.78. The molecule has 1 aliphatic heterocycles. The van der Waals surface area contributed by atoms with E-state index in [9.17, 15) is 4.79 Å². The van der Waals surface area contributed by atoms with E-state index >= 15 is 0 Å². The van der Waals surface area contributed by atoms with Gasteiger partial charge >= 0.3 is 5.97 Å². The van der Waals surface area contributed by atoms with Crippen molar-refractivity contribution in [3.63, 3.8) is 0 Å². The second-order valence-electron chi connectivity index (χ2n) is 4.50. The monoisotopic (exact) mass is 264 g/mol. The highest BCUT2D eigenvalue weighted by Gasteiger charge is 2.11. The molecule has 1 aliphatic rings. The van der Waals surface area contributed by atoms with Crippen molar-refractivity contribution >= 4 is 5.97 Å². The zero-order chi connectivity index (χ0) is 13.5. The molecule has 0 aromatic carbocycles. The molecule has 0 unspecified atom stereocenters. The molecule has 0 saturated carbocycles. The van der Waals surface area contributed by atoms with Gasteiger partial charge in [-0.2, -0.15) is 0 Å². The molecule has 0 radical (unpaired) electrons. The largest absolute Gasteiger partial charge is 0.476 e. The number of likely N-dealkylation sites (tertiary alicyclic amines) is 1. The Bertz CT molecular complexity index is 400. The van der Waals surface area contributed by atoms with Crippen molar-refractivity contribution in [2.24, 2.45) is 0 Å². The average Bonchev–Trinajstić information content (AvgIpc) is 2.93. The normalized spacial score (nSPS) is 15.4. The summed E-state index contributed by atoms with van der Waals surface area (Å²) in [4.78, 5) is 17.9. The number of esters is 1. The van der Waals surface area contributed by atoms with Crippen LogP contribution >= 0.6 is 0 Å². The number of nitrogens with zero attached hydrogens (tertiary/aromatic N) is 2. The number of rotatable bonds is 6. The molecule has 5 nitrogen and oxygen atoms in total. The fraction of sp³-hybridized carbons (Fsp3) is 0.571. The summed E-state index contributed by atoms with van der Waals surface area (Å²) < 4.78 is 10.4. The lowest BCUT2D eigenvalue weighted by molar-refractivity contribution is 0.0526. The molecule has 1 aromatic heterocycles. The number of hydrogen-bond acceptors (Lipinski definition) is 5. The van der Waals surface area contributed by atoms with E-state index in [1.54, 1.807) is 19.1 Å². The van der Waals surface area contributed by atoms with Crippen molar-refractivity contribution in [3.8, 4) is 5.88 Å². The maximum Gasteiger partial charge on any atom is 0.339 e. The van der Waals surface area contributed by atoms with E-state index in [0.29, 0.717) is 24.7 Å². The van der Waals surface area contributed by atoms with Crippen molar-refractivity contribution in [1.29, 1.82) is 0 Å². The summed E-state index contributed by atoms with van der Waals surface area (Å²) in [6, 6.07) is 3.38. The fourth-order valence-electron chi connectivity index (χ4n) is 2.09. The van der Waals surface area contributed by atoms with Crippen LogP contribution in [0.3, 0.4) is 0 Å². The van der Waals surface area contributed by atoms with Crippen LogP contribution in [0.25, 0.3) is 0 Å². The molecular weight excluding hydrogens is 244 g/mol. The molecule has 0 N–H and O–H groups in total. The summed E-state index contributed by atoms with van der Waals surface area (Å²) in [6.07, 6.45) is 4.06. The summed E-state index contributed by atoms with van der Waals surface area (Å²) >= 11 is 0. The zero-order valence-electron chi connectivity index (χ0n) is 11.3. The summed E-state index contributed by atoms with van der Waals surface area (Å²) in [5.41, 5.74) is 0.453. The van der Waals surface area contributed by atoms with Crippen LogP contribution in [-0.2, 0) is 4.74 Å². The van der Waals surface area contributed by atoms with Gasteiger partial charge in [0.15, 0.2) is 0 Å². The van der Waals surface area contributed by atoms with Crippen LogP contribution in [0.15, 0.2) is 18.3 Å². The van der Waals surface area contributed by atoms with Gasteiger partial charge in [-0.15, -0.1) is 0 Å². The molecule has 0 aliphatic carbocycles. The third-order valence-corrected chi connectivity index (χ3v) is 3.10. The molecule has 104 valence electrons. The standard InChI is InChI=1S/C14H20N2O3/c1-2-18-14(17)12-5-6-13(15-11-12)19-10-9-16-7-3-4-8-16/h5-6,11H,2-4,7-10H2,1H3. The first-order chi connectivity index (χ1) is 9.29. The van der Waals surface area contributed by atoms with E-state index in [-0.39, 0.29) is 5.97 Å². The van der Waals surface area contributed by atoms with Gasteiger partial charge in [-0.05, 0) is 38.9 Å². The van der Waals surface area contributed by atoms with Crippen molar-refractivity contribution < 1.29 is 14.3 Å². The van der Waals surface area contributed by atoms with E-state index in [4.69, 9.17) is 9.47 Å². The van der Waals surface area contributed by atoms with Gasteiger partial charge in [-0.3, -0.25) is 4.90 Å². The predicted octanol–water partition coefficient (Wildman–Crippen LogP) is 1.73. The SMILES string of the molecule is CCOC(=O)c1ccc(OCCN2CCCC2)nc1. The van der Waals surface area contributed by atoms with Crippen LogP contribution in [-0.4, -0.2) is 48.7 Å². The second-order valence-corrected chi connectivity index (χ2v) is 4.50. The van der Waals surface area contributed by atoms with Crippen molar-refractivity contribution in [3.05, 3.63) is 23.9 Å². The van der Waals surface area contributed by atoms with Crippen LogP contribution < -0.4 is 4.74 Å². The highest BCUT2D eigenvalue weighted by atomic mass is 16.5. The minimum atomic E-state index is -0.349. The number of carbonyl (C=O) groups is 1. The number of carbonyl (C=O) groups excluding carboxylic acids is 1. The number of aromatic nitrogens is 1. The molecule has 2 heterocycles. The van der Waals surface area contributed by atoms with Crippen LogP contribution in [0, 0.1) is 0 Å². The van der Waals surface area contributed by atoms with Gasteiger partial charge in [0, 0.05) is 18.8 Å². The molecule has 19 heavy (non-hydrogen) atoms. The summed E-state index contributed by atoms with van der Waals surface area (Å²) in [7, 11) is 0. The van der Waals surface area contributed by atoms with Crippen LogP contribution in [0.1, 0.15) is 30.1 Å². The van der Waals surface area contributed by atoms with Gasteiger partial charge in [-0.1, -0.05) is 0 Å². The van der Waals surface area contributed by atoms with Gasteiger partial charge in [0.1, 0.15) is 6.61 Å². The maximum absolute atomic E-state index is 11.4. The molecule has 0 amide bonds. The first-order valence-corrected chi connectivity index (χ1v) is 6.78. The summed E-state index contributed by atoms with van der Waals surface area (Å²) in [5, 5.41) is 0. The Hall–Kier alpha value is -1.62. The maximum atomic E-state index is 11.4. The Morgan fingerprint density at radius 3 is 2.79 bits per heavy atom. The van der Waals surface area contributed by atoms with Gasteiger partial charge < -0.3 is 9.47 Å². The lowest BCUT2D eigenvalue weighted by Gasteiger charge is -2.14. The molecule has 0 bridgehead atoms. The minimum Gasteiger partial charge on any atom is -0.476 e. The van der Waals surface area contributed by atoms with E-state index in [1.807, 2.05) is 0 Å². The minimum absolute atomic E-state index is 0.349. The number of hydrogen-bond donors (Lipinski definition) is 0. The molecule has 0 atom stereocenters. The fourth-order valence-corrected chi connectivity index (χ4v) is 2.09. The third kappa shape index (κ3) is 4.21. The number of pyridine rings is 1. The highest BCUT2D eigenvalue weighted by molar-refractivity contribution is 5.89. The Kier molecular flexibility index (Phi) is 5.15. The Morgan fingerprint density at radius 1 is 1.37 bits per heavy atom. The zero-order valence-corrected chi connectivity index (χ0v) is 11.3. The smallest absolute Gasteiger partial charge is 0.339 e. The van der Waals surface area contributed by atoms with Crippen molar-refractivity contribution in [2.45, 2.75) is 19.8 Å². The van der Waals surface area contributed by atoms with Crippen LogP contribution in [0.4, 0.5) is 0 Å². The Balaban J connectivity index is 1.76. The molecule has 5 heteroatoms. The quantitative estimate of drug-likeness (QED) is 0.732. The van der Waals surface area contributed by atoms with E-state index in [0.717, 1.165) is 6.54 Å². The highest BCUT2D eigenvalue weighted by Crippen LogP contribution is 2.10. The van der Waals surface area contributed by atoms with Gasteiger partial charge in [0.2, 0.25) is 5.88 Å². The van der Waals surface area contributed by atoms with Gasteiger partial charge in [-0.25, -0.2) is 9.78 Å². The third-order valence-electron chi connectivity index (χ3n) is 3.10. The van der Waals surface area contributed by atoms with Gasteiger partial charge in [0.25, 0.3) is 0 Å². The van der Waals surface area contributed by atoms with E-state index in [1.165, 1.54) is 32.1 Å². The van der Waals surface area contributed by atoms with Gasteiger partial charge in [0.05, 0.1) is 12.2 Å². The number of ether oxygens (including phenoxy) is 2. The lowest BCUT2D eigenvalue weighted by Crippen LogP contribution is -2.25. The molecule has 1 saturated heterocycles. The lowest BCUT2D eigenvalue weighted by atomic mass is 10.3. The Labute approximate surface area is 113 Å². The second kappa shape index (κ2) is 7.09. The predicted molar refractivity (Wildman–Crippen MR) is 71.4 cm³/mol. The molecule has 1 fully saturated rings. The molecular formula is C14H20N2O3. The van der Waals surface area contributed by atoms with Crippen molar-refractivity contribution in [1.82, 2.24) is 9.88 Å². The molecule has 1 aromatic rings. The molecule has 0 spiro atoms. The van der Waals surface area contributed by atoms with Crippen molar-refractivity contribution in [2.75, 3.05) is 32.8 Å². The summed E-state index contributed by atoms with van der Waals surface area (Å²) in [6.45, 7) is 6.04. The Morgan fingerprint density at radius 2 is 2.16 bits per heavy atom.